The maximum absolute atomic E-state index is 11.0. The zero-order valence-electron chi connectivity index (χ0n) is 18.8. The molecule has 0 saturated heterocycles. The fraction of sp³-hybridized carbons (Fsp3) is 0.292. The molecule has 174 valence electrons. The number of aromatic nitrogens is 1. The Bertz CT molecular complexity index is 1330. The van der Waals surface area contributed by atoms with Gasteiger partial charge in [-0.1, -0.05) is 47.4 Å². The molecule has 33 heavy (non-hydrogen) atoms. The Morgan fingerprint density at radius 2 is 1.94 bits per heavy atom. The first-order chi connectivity index (χ1) is 15.7. The summed E-state index contributed by atoms with van der Waals surface area (Å²) >= 11 is 3.48. The van der Waals surface area contributed by atoms with E-state index in [4.69, 9.17) is 8.74 Å². The van der Waals surface area contributed by atoms with Crippen molar-refractivity contribution in [1.82, 2.24) is 0 Å². The molecule has 0 aliphatic carbocycles. The first-order valence-electron chi connectivity index (χ1n) is 10.8. The van der Waals surface area contributed by atoms with Gasteiger partial charge in [-0.25, -0.2) is 4.18 Å². The van der Waals surface area contributed by atoms with Gasteiger partial charge in [-0.05, 0) is 50.6 Å². The average molecular weight is 504 g/mol. The SMILES string of the molecule is CCN1/C(=C/C(C)=C/c2sc3ccccc3[n+]2CC[C@@H](C)OS(=O)(=O)O)Sc2ccccc21. The van der Waals surface area contributed by atoms with Gasteiger partial charge in [-0.2, -0.15) is 13.0 Å². The summed E-state index contributed by atoms with van der Waals surface area (Å²) in [7, 11) is -4.46. The van der Waals surface area contributed by atoms with E-state index in [9.17, 15) is 8.42 Å². The van der Waals surface area contributed by atoms with Crippen molar-refractivity contribution in [2.24, 2.45) is 0 Å². The highest BCUT2D eigenvalue weighted by atomic mass is 32.3. The van der Waals surface area contributed by atoms with Gasteiger partial charge in [0, 0.05) is 30.0 Å². The second kappa shape index (κ2) is 9.99. The van der Waals surface area contributed by atoms with Crippen LogP contribution in [0.4, 0.5) is 5.69 Å². The third kappa shape index (κ3) is 5.67. The van der Waals surface area contributed by atoms with Gasteiger partial charge in [0.05, 0.1) is 16.8 Å². The number of aryl methyl sites for hydroxylation is 1. The lowest BCUT2D eigenvalue weighted by Crippen LogP contribution is -2.37. The van der Waals surface area contributed by atoms with Crippen LogP contribution in [-0.4, -0.2) is 25.6 Å². The number of thioether (sulfide) groups is 1. The number of anilines is 1. The van der Waals surface area contributed by atoms with Crippen molar-refractivity contribution >= 4 is 55.5 Å². The quantitative estimate of drug-likeness (QED) is 0.316. The van der Waals surface area contributed by atoms with E-state index >= 15 is 0 Å². The summed E-state index contributed by atoms with van der Waals surface area (Å²) in [6.07, 6.45) is 4.20. The molecule has 2 aromatic carbocycles. The molecule has 6 nitrogen and oxygen atoms in total. The minimum atomic E-state index is -4.46. The number of fused-ring (bicyclic) bond motifs is 2. The minimum absolute atomic E-state index is 0.445. The number of hydrogen-bond acceptors (Lipinski definition) is 6. The van der Waals surface area contributed by atoms with Crippen LogP contribution in [0.2, 0.25) is 0 Å². The molecule has 1 aromatic heterocycles. The van der Waals surface area contributed by atoms with E-state index in [0.29, 0.717) is 13.0 Å². The highest BCUT2D eigenvalue weighted by Crippen LogP contribution is 2.45. The van der Waals surface area contributed by atoms with Gasteiger partial charge in [-0.3, -0.25) is 4.55 Å². The Balaban J connectivity index is 1.63. The first-order valence-corrected chi connectivity index (χ1v) is 13.8. The van der Waals surface area contributed by atoms with E-state index in [-0.39, 0.29) is 0 Å². The van der Waals surface area contributed by atoms with Crippen LogP contribution in [-0.2, 0) is 21.1 Å². The van der Waals surface area contributed by atoms with Gasteiger partial charge in [0.25, 0.3) is 5.01 Å². The molecule has 1 aliphatic rings. The highest BCUT2D eigenvalue weighted by Gasteiger charge is 2.24. The van der Waals surface area contributed by atoms with Gasteiger partial charge in [0.2, 0.25) is 5.52 Å². The first kappa shape index (κ1) is 24.0. The zero-order chi connectivity index (χ0) is 23.6. The molecule has 9 heteroatoms. The summed E-state index contributed by atoms with van der Waals surface area (Å²) in [4.78, 5) is 3.59. The van der Waals surface area contributed by atoms with E-state index in [2.05, 4.69) is 71.9 Å². The third-order valence-corrected chi connectivity index (χ3v) is 8.13. The van der Waals surface area contributed by atoms with Crippen molar-refractivity contribution < 1.29 is 21.7 Å². The van der Waals surface area contributed by atoms with E-state index in [1.165, 1.54) is 15.6 Å². The van der Waals surface area contributed by atoms with Crippen LogP contribution in [0.5, 0.6) is 0 Å². The molecule has 1 atom stereocenters. The predicted molar refractivity (Wildman–Crippen MR) is 136 cm³/mol. The number of benzene rings is 2. The second-order valence-electron chi connectivity index (χ2n) is 7.87. The van der Waals surface area contributed by atoms with E-state index in [1.807, 2.05) is 12.1 Å². The van der Waals surface area contributed by atoms with Gasteiger partial charge in [0.15, 0.2) is 6.54 Å². The molecule has 0 unspecified atom stereocenters. The predicted octanol–water partition coefficient (Wildman–Crippen LogP) is 5.66. The highest BCUT2D eigenvalue weighted by molar-refractivity contribution is 8.03. The van der Waals surface area contributed by atoms with Gasteiger partial charge >= 0.3 is 10.4 Å². The fourth-order valence-electron chi connectivity index (χ4n) is 3.88. The number of allylic oxidation sites excluding steroid dienone is 2. The summed E-state index contributed by atoms with van der Waals surface area (Å²) in [6, 6.07) is 16.6. The Hall–Kier alpha value is -2.17. The van der Waals surface area contributed by atoms with Crippen molar-refractivity contribution in [3.63, 3.8) is 0 Å². The summed E-state index contributed by atoms with van der Waals surface area (Å²) in [5, 5.41) is 2.28. The molecule has 0 amide bonds. The van der Waals surface area contributed by atoms with Crippen molar-refractivity contribution in [2.45, 2.75) is 44.7 Å². The van der Waals surface area contributed by atoms with Crippen molar-refractivity contribution in [2.75, 3.05) is 11.4 Å². The van der Waals surface area contributed by atoms with E-state index < -0.39 is 16.5 Å². The third-order valence-electron chi connectivity index (χ3n) is 5.34. The van der Waals surface area contributed by atoms with E-state index in [0.717, 1.165) is 27.3 Å². The maximum atomic E-state index is 11.0. The van der Waals surface area contributed by atoms with Crippen LogP contribution in [0.15, 0.2) is 70.1 Å². The van der Waals surface area contributed by atoms with Crippen molar-refractivity contribution in [3.8, 4) is 0 Å². The lowest BCUT2D eigenvalue weighted by molar-refractivity contribution is -0.670. The molecule has 0 bridgehead atoms. The lowest BCUT2D eigenvalue weighted by atomic mass is 10.2. The number of para-hydroxylation sites is 2. The molecule has 3 aromatic rings. The van der Waals surface area contributed by atoms with Crippen LogP contribution >= 0.6 is 23.1 Å². The van der Waals surface area contributed by atoms with Crippen molar-refractivity contribution in [1.29, 1.82) is 0 Å². The van der Waals surface area contributed by atoms with Crippen LogP contribution in [0.1, 0.15) is 32.2 Å². The van der Waals surface area contributed by atoms with Crippen LogP contribution in [0.3, 0.4) is 0 Å². The minimum Gasteiger partial charge on any atom is -0.335 e. The molecule has 0 radical (unpaired) electrons. The van der Waals surface area contributed by atoms with Crippen LogP contribution < -0.4 is 9.47 Å². The smallest absolute Gasteiger partial charge is 0.335 e. The summed E-state index contributed by atoms with van der Waals surface area (Å²) < 4.78 is 39.1. The molecule has 0 spiro atoms. The summed E-state index contributed by atoms with van der Waals surface area (Å²) in [6.45, 7) is 7.37. The Morgan fingerprint density at radius 3 is 2.70 bits per heavy atom. The van der Waals surface area contributed by atoms with Crippen molar-refractivity contribution in [3.05, 3.63) is 70.2 Å². The Morgan fingerprint density at radius 1 is 1.21 bits per heavy atom. The molecule has 1 N–H and O–H groups in total. The van der Waals surface area contributed by atoms with Crippen LogP contribution in [0.25, 0.3) is 16.3 Å². The second-order valence-corrected chi connectivity index (χ2v) is 11.0. The summed E-state index contributed by atoms with van der Waals surface area (Å²) in [5.74, 6) is 0. The zero-order valence-corrected chi connectivity index (χ0v) is 21.2. The van der Waals surface area contributed by atoms with Gasteiger partial charge < -0.3 is 4.90 Å². The summed E-state index contributed by atoms with van der Waals surface area (Å²) in [5.41, 5.74) is 3.46. The van der Waals surface area contributed by atoms with Gasteiger partial charge in [0.1, 0.15) is 4.70 Å². The van der Waals surface area contributed by atoms with E-state index in [1.54, 1.807) is 30.0 Å². The average Bonchev–Trinajstić information content (AvgIpc) is 3.27. The molecule has 0 fully saturated rings. The van der Waals surface area contributed by atoms with Crippen LogP contribution in [0, 0.1) is 0 Å². The number of rotatable bonds is 8. The Labute approximate surface area is 203 Å². The number of nitrogens with zero attached hydrogens (tertiary/aromatic N) is 2. The normalized spacial score (nSPS) is 16.5. The molecular weight excluding hydrogens is 476 g/mol. The number of hydrogen-bond donors (Lipinski definition) is 1. The Kier molecular flexibility index (Phi) is 7.25. The number of thiazole rings is 1. The molecule has 4 rings (SSSR count). The fourth-order valence-corrected chi connectivity index (χ4v) is 6.82. The molecule has 0 saturated carbocycles. The lowest BCUT2D eigenvalue weighted by Gasteiger charge is -2.17. The molecule has 1 aliphatic heterocycles. The monoisotopic (exact) mass is 503 g/mol. The standard InChI is InChI=1S/C24H26N2O4S3/c1-4-25-19-9-5-7-11-21(19)31-23(25)15-17(2)16-24-26(14-13-18(3)30-33(27,28)29)20-10-6-8-12-22(20)32-24/h5-12,15-16,18H,4,13-14H2,1-3H3/p+1/t18-/m1/s1. The molecular formula is C24H27N2O4S3+. The molecule has 2 heterocycles. The largest absolute Gasteiger partial charge is 0.397 e. The topological polar surface area (TPSA) is 70.7 Å². The van der Waals surface area contributed by atoms with Gasteiger partial charge in [-0.15, -0.1) is 0 Å². The maximum Gasteiger partial charge on any atom is 0.397 e.